The molecule has 1 aromatic carbocycles. The zero-order valence-corrected chi connectivity index (χ0v) is 18.3. The molecule has 1 aromatic rings. The van der Waals surface area contributed by atoms with Gasteiger partial charge in [0.15, 0.2) is 0 Å². The zero-order chi connectivity index (χ0) is 22.1. The van der Waals surface area contributed by atoms with E-state index in [1.54, 1.807) is 39.2 Å². The Kier molecular flexibility index (Phi) is 9.38. The van der Waals surface area contributed by atoms with Gasteiger partial charge in [-0.1, -0.05) is 0 Å². The summed E-state index contributed by atoms with van der Waals surface area (Å²) in [6.07, 6.45) is 1.10. The number of hydrogen-bond acceptors (Lipinski definition) is 8. The number of hydrogen-bond donors (Lipinski definition) is 1. The topological polar surface area (TPSA) is 126 Å². The van der Waals surface area contributed by atoms with Gasteiger partial charge in [0.1, 0.15) is 11.4 Å². The highest BCUT2D eigenvalue weighted by atomic mass is 32.2. The van der Waals surface area contributed by atoms with E-state index in [4.69, 9.17) is 14.2 Å². The molecule has 1 rings (SSSR count). The lowest BCUT2D eigenvalue weighted by molar-refractivity contribution is -0.143. The Morgan fingerprint density at radius 3 is 2.52 bits per heavy atom. The van der Waals surface area contributed by atoms with E-state index in [2.05, 4.69) is 4.36 Å². The number of nitrogens with zero attached hydrogens (tertiary/aromatic N) is 1. The molecule has 0 saturated carbocycles. The minimum absolute atomic E-state index is 0.0685. The third-order valence-corrected chi connectivity index (χ3v) is 4.68. The van der Waals surface area contributed by atoms with Gasteiger partial charge in [0, 0.05) is 24.4 Å². The fourth-order valence-corrected chi connectivity index (χ4v) is 3.51. The molecule has 0 bridgehead atoms. The number of nitrogens with one attached hydrogen (secondary N) is 1. The molecule has 0 fully saturated rings. The first kappa shape index (κ1) is 24.7. The number of benzene rings is 1. The van der Waals surface area contributed by atoms with Crippen molar-refractivity contribution in [2.24, 2.45) is 4.36 Å². The molecule has 0 radical (unpaired) electrons. The van der Waals surface area contributed by atoms with Crippen LogP contribution in [-0.4, -0.2) is 41.3 Å². The second kappa shape index (κ2) is 11.0. The second-order valence-corrected chi connectivity index (χ2v) is 9.79. The number of anilines is 1. The van der Waals surface area contributed by atoms with Crippen molar-refractivity contribution in [2.75, 3.05) is 24.9 Å². The lowest BCUT2D eigenvalue weighted by Gasteiger charge is -2.18. The maximum Gasteiger partial charge on any atom is 0.442 e. The van der Waals surface area contributed by atoms with Gasteiger partial charge < -0.3 is 24.9 Å². The molecule has 1 N–H and O–H groups in total. The van der Waals surface area contributed by atoms with Crippen molar-refractivity contribution in [3.8, 4) is 5.75 Å². The second-order valence-electron chi connectivity index (χ2n) is 7.40. The minimum atomic E-state index is -2.94. The third-order valence-electron chi connectivity index (χ3n) is 3.28. The zero-order valence-electron chi connectivity index (χ0n) is 17.5. The summed E-state index contributed by atoms with van der Waals surface area (Å²) in [5.74, 6) is -0.000524. The van der Waals surface area contributed by atoms with E-state index in [9.17, 15) is 19.0 Å². The largest absolute Gasteiger partial charge is 0.761 e. The Bertz CT molecular complexity index is 824. The van der Waals surface area contributed by atoms with Crippen LogP contribution >= 0.6 is 0 Å². The van der Waals surface area contributed by atoms with Gasteiger partial charge in [-0.25, -0.2) is 9.00 Å². The summed E-state index contributed by atoms with van der Waals surface area (Å²) in [5, 5.41) is 11.1. The first-order valence-corrected chi connectivity index (χ1v) is 11.3. The fraction of sp³-hybridized carbons (Fsp3) is 0.579. The van der Waals surface area contributed by atoms with Gasteiger partial charge in [0.05, 0.1) is 28.7 Å². The van der Waals surface area contributed by atoms with Crippen molar-refractivity contribution in [3.05, 3.63) is 29.0 Å². The van der Waals surface area contributed by atoms with Gasteiger partial charge >= 0.3 is 12.1 Å². The van der Waals surface area contributed by atoms with Crippen molar-refractivity contribution in [2.45, 2.75) is 51.9 Å². The smallest absolute Gasteiger partial charge is 0.442 e. The monoisotopic (exact) mass is 429 g/mol. The molecule has 0 heterocycles. The highest BCUT2D eigenvalue weighted by Gasteiger charge is 2.18. The third kappa shape index (κ3) is 10.7. The molecule has 1 atom stereocenters. The quantitative estimate of drug-likeness (QED) is 0.356. The van der Waals surface area contributed by atoms with E-state index in [0.29, 0.717) is 24.3 Å². The van der Waals surface area contributed by atoms with Gasteiger partial charge in [0.25, 0.3) is 0 Å². The van der Waals surface area contributed by atoms with E-state index in [1.807, 2.05) is 0 Å². The minimum Gasteiger partial charge on any atom is -0.761 e. The summed E-state index contributed by atoms with van der Waals surface area (Å²) < 4.78 is 31.9. The van der Waals surface area contributed by atoms with Crippen molar-refractivity contribution in [3.63, 3.8) is 0 Å². The van der Waals surface area contributed by atoms with E-state index < -0.39 is 21.4 Å². The molecule has 164 valence electrons. The van der Waals surface area contributed by atoms with E-state index in [0.717, 1.165) is 0 Å². The Morgan fingerprint density at radius 1 is 1.24 bits per heavy atom. The van der Waals surface area contributed by atoms with Crippen molar-refractivity contribution in [1.82, 2.24) is 0 Å². The summed E-state index contributed by atoms with van der Waals surface area (Å²) in [5.41, 5.74) is 1.75. The Morgan fingerprint density at radius 2 is 1.93 bits per heavy atom. The van der Waals surface area contributed by atoms with E-state index >= 15 is 0 Å². The summed E-state index contributed by atoms with van der Waals surface area (Å²) in [6, 6.07) is 4.61. The Balaban J connectivity index is 2.83. The van der Waals surface area contributed by atoms with Gasteiger partial charge in [-0.3, -0.25) is 4.79 Å². The van der Waals surface area contributed by atoms with Crippen LogP contribution in [0.5, 0.6) is 5.75 Å². The van der Waals surface area contributed by atoms with Crippen molar-refractivity contribution in [1.29, 1.82) is 0 Å². The normalized spacial score (nSPS) is 13.2. The van der Waals surface area contributed by atoms with Crippen LogP contribution in [0.25, 0.3) is 0 Å². The van der Waals surface area contributed by atoms with Gasteiger partial charge in [-0.05, 0) is 51.8 Å². The van der Waals surface area contributed by atoms with Crippen molar-refractivity contribution >= 4 is 27.5 Å². The molecule has 10 heteroatoms. The first-order chi connectivity index (χ1) is 13.4. The van der Waals surface area contributed by atoms with Gasteiger partial charge in [-0.15, -0.1) is 4.36 Å². The summed E-state index contributed by atoms with van der Waals surface area (Å²) in [4.78, 5) is 23.2. The average molecular weight is 430 g/mol. The molecular formula is C19H29N2O7S-. The van der Waals surface area contributed by atoms with Crippen LogP contribution in [0.3, 0.4) is 0 Å². The molecule has 0 spiro atoms. The van der Waals surface area contributed by atoms with Crippen molar-refractivity contribution < 1.29 is 28.0 Å². The van der Waals surface area contributed by atoms with Crippen LogP contribution in [0.4, 0.5) is 10.5 Å². The average Bonchev–Trinajstić information content (AvgIpc) is 2.55. The number of rotatable bonds is 9. The molecule has 0 aliphatic heterocycles. The number of esters is 1. The Labute approximate surface area is 171 Å². The number of amides is 1. The predicted molar refractivity (Wildman–Crippen MR) is 111 cm³/mol. The highest BCUT2D eigenvalue weighted by Crippen LogP contribution is 2.23. The van der Waals surface area contributed by atoms with Crippen LogP contribution in [0, 0.1) is 5.21 Å². The number of carbonyl (C=O) groups excluding carboxylic acids is 2. The molecule has 1 amide bonds. The first-order valence-electron chi connectivity index (χ1n) is 9.17. The van der Waals surface area contributed by atoms with Crippen LogP contribution in [-0.2, 0) is 29.8 Å². The summed E-state index contributed by atoms with van der Waals surface area (Å²) >= 11 is 0. The lowest BCUT2D eigenvalue weighted by Crippen LogP contribution is -2.22. The number of carbonyl (C=O) groups is 2. The molecule has 0 saturated heterocycles. The maximum absolute atomic E-state index is 12.7. The molecule has 0 aliphatic rings. The molecule has 0 aromatic heterocycles. The van der Waals surface area contributed by atoms with Crippen LogP contribution < -0.4 is 10.2 Å². The maximum atomic E-state index is 12.7. The molecular weight excluding hydrogens is 400 g/mol. The highest BCUT2D eigenvalue weighted by molar-refractivity contribution is 7.92. The van der Waals surface area contributed by atoms with Gasteiger partial charge in [0.2, 0.25) is 0 Å². The molecule has 29 heavy (non-hydrogen) atoms. The molecule has 9 nitrogen and oxygen atoms in total. The lowest BCUT2D eigenvalue weighted by atomic mass is 10.2. The Hall–Kier alpha value is -2.33. The molecule has 0 aliphatic carbocycles. The van der Waals surface area contributed by atoms with E-state index in [1.165, 1.54) is 18.4 Å². The summed E-state index contributed by atoms with van der Waals surface area (Å²) in [7, 11) is -2.94. The SMILES string of the molecule is CCOC(=O)CCCOc1cc(CS(C)(=O)=NC(=O)OC(C)(C)C)cc(N[O-])c1. The number of ether oxygens (including phenoxy) is 3. The van der Waals surface area contributed by atoms with Crippen LogP contribution in [0.2, 0.25) is 0 Å². The summed E-state index contributed by atoms with van der Waals surface area (Å²) in [6.45, 7) is 7.36. The predicted octanol–water partition coefficient (Wildman–Crippen LogP) is 3.85. The van der Waals surface area contributed by atoms with Crippen LogP contribution in [0.1, 0.15) is 46.1 Å². The fourth-order valence-electron chi connectivity index (χ4n) is 2.31. The molecule has 1 unspecified atom stereocenters. The standard InChI is InChI=1S/C19H29N2O7S/c1-6-26-17(22)8-7-9-27-16-11-14(10-15(12-16)20-24)13-29(5,25)21-18(23)28-19(2,3)4/h10-12,20H,6-9,13H2,1-5H3/q-1. The van der Waals surface area contributed by atoms with E-state index in [-0.39, 0.29) is 30.4 Å². The van der Waals surface area contributed by atoms with Gasteiger partial charge in [-0.2, -0.15) is 0 Å². The van der Waals surface area contributed by atoms with Crippen LogP contribution in [0.15, 0.2) is 22.6 Å².